The summed E-state index contributed by atoms with van der Waals surface area (Å²) in [5.41, 5.74) is 0.0850. The smallest absolute Gasteiger partial charge is 0.136 e. The summed E-state index contributed by atoms with van der Waals surface area (Å²) in [7, 11) is 0. The van der Waals surface area contributed by atoms with Gasteiger partial charge in [0.05, 0.1) is 11.7 Å². The molecule has 0 bridgehead atoms. The van der Waals surface area contributed by atoms with Crippen LogP contribution in [0.4, 0.5) is 8.78 Å². The number of hydrogen-bond acceptors (Lipinski definition) is 2. The lowest BCUT2D eigenvalue weighted by atomic mass is 10.1. The first-order valence-electron chi connectivity index (χ1n) is 5.48. The van der Waals surface area contributed by atoms with Gasteiger partial charge in [-0.2, -0.15) is 0 Å². The topological polar surface area (TPSA) is 29.5 Å². The monoisotopic (exact) mass is 250 g/mol. The van der Waals surface area contributed by atoms with Crippen molar-refractivity contribution in [3.05, 3.63) is 59.7 Å². The summed E-state index contributed by atoms with van der Waals surface area (Å²) in [5.74, 6) is -0.317. The highest BCUT2D eigenvalue weighted by Gasteiger charge is 2.15. The molecule has 94 valence electrons. The van der Waals surface area contributed by atoms with Crippen molar-refractivity contribution in [2.45, 2.75) is 13.0 Å². The third-order valence-electron chi connectivity index (χ3n) is 2.47. The van der Waals surface area contributed by atoms with Crippen LogP contribution in [0.15, 0.2) is 42.5 Å². The average Bonchev–Trinajstić information content (AvgIpc) is 2.32. The van der Waals surface area contributed by atoms with E-state index in [9.17, 15) is 13.9 Å². The van der Waals surface area contributed by atoms with E-state index in [0.717, 1.165) is 0 Å². The maximum atomic E-state index is 13.6. The molecule has 1 unspecified atom stereocenters. The summed E-state index contributed by atoms with van der Waals surface area (Å²) in [6, 6.07) is 9.65. The van der Waals surface area contributed by atoms with Crippen LogP contribution in [0.2, 0.25) is 0 Å². The predicted octanol–water partition coefficient (Wildman–Crippen LogP) is 3.81. The molecule has 0 fully saturated rings. The number of hydrogen-bond donors (Lipinski definition) is 1. The lowest BCUT2D eigenvalue weighted by molar-refractivity contribution is 0.190. The fourth-order valence-corrected chi connectivity index (χ4v) is 1.64. The van der Waals surface area contributed by atoms with Gasteiger partial charge in [0, 0.05) is 0 Å². The van der Waals surface area contributed by atoms with E-state index in [1.54, 1.807) is 6.07 Å². The van der Waals surface area contributed by atoms with Crippen LogP contribution in [0.5, 0.6) is 11.5 Å². The summed E-state index contributed by atoms with van der Waals surface area (Å²) < 4.78 is 31.7. The summed E-state index contributed by atoms with van der Waals surface area (Å²) in [4.78, 5) is 0. The minimum Gasteiger partial charge on any atom is -0.457 e. The van der Waals surface area contributed by atoms with Gasteiger partial charge in [0.2, 0.25) is 0 Å². The van der Waals surface area contributed by atoms with Gasteiger partial charge < -0.3 is 9.84 Å². The number of aliphatic hydroxyl groups is 1. The van der Waals surface area contributed by atoms with Crippen molar-refractivity contribution in [1.82, 2.24) is 0 Å². The molecule has 0 amide bonds. The summed E-state index contributed by atoms with van der Waals surface area (Å²) in [6.45, 7) is 1.45. The molecule has 1 N–H and O–H groups in total. The predicted molar refractivity (Wildman–Crippen MR) is 63.5 cm³/mol. The first-order valence-corrected chi connectivity index (χ1v) is 5.48. The maximum absolute atomic E-state index is 13.6. The van der Waals surface area contributed by atoms with Gasteiger partial charge >= 0.3 is 0 Å². The fourth-order valence-electron chi connectivity index (χ4n) is 1.64. The van der Waals surface area contributed by atoms with Crippen molar-refractivity contribution in [3.8, 4) is 11.5 Å². The molecule has 2 nitrogen and oxygen atoms in total. The Balaban J connectivity index is 2.34. The molecule has 0 spiro atoms. The van der Waals surface area contributed by atoms with E-state index in [2.05, 4.69) is 0 Å². The normalized spacial score (nSPS) is 12.2. The van der Waals surface area contributed by atoms with Crippen molar-refractivity contribution in [2.24, 2.45) is 0 Å². The van der Waals surface area contributed by atoms with Gasteiger partial charge in [-0.1, -0.05) is 6.07 Å². The third-order valence-corrected chi connectivity index (χ3v) is 2.47. The van der Waals surface area contributed by atoms with Crippen molar-refractivity contribution in [1.29, 1.82) is 0 Å². The minimum absolute atomic E-state index is 0.0850. The molecule has 2 aromatic carbocycles. The van der Waals surface area contributed by atoms with E-state index in [1.165, 1.54) is 43.3 Å². The van der Waals surface area contributed by atoms with Crippen LogP contribution in [-0.4, -0.2) is 5.11 Å². The van der Waals surface area contributed by atoms with Crippen molar-refractivity contribution < 1.29 is 18.6 Å². The van der Waals surface area contributed by atoms with Gasteiger partial charge in [-0.3, -0.25) is 0 Å². The Morgan fingerprint density at radius 1 is 1.06 bits per heavy atom. The summed E-state index contributed by atoms with van der Waals surface area (Å²) in [6.07, 6.45) is -0.985. The zero-order valence-electron chi connectivity index (χ0n) is 9.73. The largest absolute Gasteiger partial charge is 0.457 e. The molecule has 0 aliphatic rings. The van der Waals surface area contributed by atoms with E-state index in [4.69, 9.17) is 4.74 Å². The number of benzene rings is 2. The first-order chi connectivity index (χ1) is 8.58. The summed E-state index contributed by atoms with van der Waals surface area (Å²) >= 11 is 0. The Hall–Kier alpha value is -1.94. The van der Waals surface area contributed by atoms with Crippen molar-refractivity contribution >= 4 is 0 Å². The quantitative estimate of drug-likeness (QED) is 0.897. The molecular weight excluding hydrogens is 238 g/mol. The second kappa shape index (κ2) is 5.14. The molecule has 2 aromatic rings. The highest BCUT2D eigenvalue weighted by atomic mass is 19.1. The molecule has 2 rings (SSSR count). The minimum atomic E-state index is -0.985. The van der Waals surface area contributed by atoms with Gasteiger partial charge in [-0.05, 0) is 43.3 Å². The number of rotatable bonds is 3. The zero-order chi connectivity index (χ0) is 13.1. The molecular formula is C14H12F2O2. The average molecular weight is 250 g/mol. The lowest BCUT2D eigenvalue weighted by Gasteiger charge is -2.13. The maximum Gasteiger partial charge on any atom is 0.136 e. The molecule has 1 atom stereocenters. The van der Waals surface area contributed by atoms with Gasteiger partial charge in [0.25, 0.3) is 0 Å². The molecule has 0 heterocycles. The van der Waals surface area contributed by atoms with Gasteiger partial charge in [-0.15, -0.1) is 0 Å². The van der Waals surface area contributed by atoms with E-state index in [1.807, 2.05) is 0 Å². The van der Waals surface area contributed by atoms with E-state index >= 15 is 0 Å². The number of halogens is 2. The Kier molecular flexibility index (Phi) is 3.58. The molecule has 0 aliphatic carbocycles. The van der Waals surface area contributed by atoms with Crippen molar-refractivity contribution in [2.75, 3.05) is 0 Å². The Bertz CT molecular complexity index is 536. The van der Waals surface area contributed by atoms with Crippen LogP contribution in [-0.2, 0) is 0 Å². The van der Waals surface area contributed by atoms with E-state index in [0.29, 0.717) is 5.75 Å². The van der Waals surface area contributed by atoms with Crippen LogP contribution >= 0.6 is 0 Å². The number of ether oxygens (including phenoxy) is 1. The molecule has 0 saturated heterocycles. The Labute approximate surface area is 103 Å². The van der Waals surface area contributed by atoms with E-state index in [-0.39, 0.29) is 17.1 Å². The fraction of sp³-hybridized carbons (Fsp3) is 0.143. The van der Waals surface area contributed by atoms with Gasteiger partial charge in [0.15, 0.2) is 0 Å². The summed E-state index contributed by atoms with van der Waals surface area (Å²) in [5, 5.41) is 9.53. The zero-order valence-corrected chi connectivity index (χ0v) is 9.73. The van der Waals surface area contributed by atoms with Gasteiger partial charge in [-0.25, -0.2) is 8.78 Å². The van der Waals surface area contributed by atoms with Crippen molar-refractivity contribution in [3.63, 3.8) is 0 Å². The molecule has 4 heteroatoms. The second-order valence-electron chi connectivity index (χ2n) is 3.88. The highest BCUT2D eigenvalue weighted by molar-refractivity contribution is 5.39. The van der Waals surface area contributed by atoms with E-state index < -0.39 is 11.9 Å². The Morgan fingerprint density at radius 2 is 1.72 bits per heavy atom. The lowest BCUT2D eigenvalue weighted by Crippen LogP contribution is -1.99. The molecule has 0 aliphatic heterocycles. The van der Waals surface area contributed by atoms with Crippen LogP contribution < -0.4 is 4.74 Å². The van der Waals surface area contributed by atoms with Crippen LogP contribution in [0, 0.1) is 11.6 Å². The highest BCUT2D eigenvalue weighted by Crippen LogP contribution is 2.31. The molecule has 0 aromatic heterocycles. The third kappa shape index (κ3) is 2.65. The SMILES string of the molecule is CC(O)c1c(F)cccc1Oc1ccc(F)cc1. The molecule has 0 radical (unpaired) electrons. The van der Waals surface area contributed by atoms with Crippen LogP contribution in [0.1, 0.15) is 18.6 Å². The van der Waals surface area contributed by atoms with Crippen LogP contribution in [0.3, 0.4) is 0 Å². The molecule has 0 saturated carbocycles. The Morgan fingerprint density at radius 3 is 2.33 bits per heavy atom. The first kappa shape index (κ1) is 12.5. The second-order valence-corrected chi connectivity index (χ2v) is 3.88. The number of aliphatic hydroxyl groups excluding tert-OH is 1. The standard InChI is InChI=1S/C14H12F2O2/c1-9(17)14-12(16)3-2-4-13(14)18-11-7-5-10(15)6-8-11/h2-9,17H,1H3. The van der Waals surface area contributed by atoms with Crippen LogP contribution in [0.25, 0.3) is 0 Å². The molecule has 18 heavy (non-hydrogen) atoms. The van der Waals surface area contributed by atoms with Gasteiger partial charge in [0.1, 0.15) is 23.1 Å².